The molecule has 1 heterocycles. The van der Waals surface area contributed by atoms with Gasteiger partial charge in [-0.1, -0.05) is 48.5 Å². The van der Waals surface area contributed by atoms with Crippen molar-refractivity contribution in [1.82, 2.24) is 0 Å². The largest absolute Gasteiger partial charge is 0.444 e. The fourth-order valence-electron chi connectivity index (χ4n) is 2.77. The Balaban J connectivity index is 1.74. The summed E-state index contributed by atoms with van der Waals surface area (Å²) < 4.78 is 5.42. The second-order valence-corrected chi connectivity index (χ2v) is 5.53. The molecule has 0 spiro atoms. The minimum Gasteiger partial charge on any atom is -0.444 e. The SMILES string of the molecule is O=C(OCc1ccccc1)N1CC(CO)Cc2ccccc21. The predicted molar refractivity (Wildman–Crippen MR) is 84.7 cm³/mol. The van der Waals surface area contributed by atoms with E-state index in [0.29, 0.717) is 6.54 Å². The number of anilines is 1. The van der Waals surface area contributed by atoms with Gasteiger partial charge in [-0.2, -0.15) is 0 Å². The van der Waals surface area contributed by atoms with Crippen LogP contribution in [-0.2, 0) is 17.8 Å². The second kappa shape index (κ2) is 6.62. The van der Waals surface area contributed by atoms with Crippen LogP contribution in [0.5, 0.6) is 0 Å². The van der Waals surface area contributed by atoms with E-state index in [-0.39, 0.29) is 25.2 Å². The first-order chi connectivity index (χ1) is 10.8. The number of amides is 1. The molecule has 22 heavy (non-hydrogen) atoms. The summed E-state index contributed by atoms with van der Waals surface area (Å²) in [6.07, 6.45) is 0.421. The third-order valence-corrected chi connectivity index (χ3v) is 3.92. The summed E-state index contributed by atoms with van der Waals surface area (Å²) >= 11 is 0. The van der Waals surface area contributed by atoms with Crippen LogP contribution >= 0.6 is 0 Å². The molecule has 2 aromatic carbocycles. The fourth-order valence-corrected chi connectivity index (χ4v) is 2.77. The average molecular weight is 297 g/mol. The van der Waals surface area contributed by atoms with Crippen LogP contribution in [0.25, 0.3) is 0 Å². The first kappa shape index (κ1) is 14.6. The molecule has 0 saturated carbocycles. The van der Waals surface area contributed by atoms with Crippen molar-refractivity contribution >= 4 is 11.8 Å². The molecule has 4 nitrogen and oxygen atoms in total. The number of hydrogen-bond donors (Lipinski definition) is 1. The Morgan fingerprint density at radius 1 is 1.14 bits per heavy atom. The van der Waals surface area contributed by atoms with Gasteiger partial charge in [-0.15, -0.1) is 0 Å². The molecule has 114 valence electrons. The normalized spacial score (nSPS) is 17.0. The molecule has 2 aromatic rings. The summed E-state index contributed by atoms with van der Waals surface area (Å²) in [7, 11) is 0. The maximum Gasteiger partial charge on any atom is 0.414 e. The lowest BCUT2D eigenvalue weighted by Gasteiger charge is -2.33. The summed E-state index contributed by atoms with van der Waals surface area (Å²) in [6.45, 7) is 0.806. The van der Waals surface area contributed by atoms with E-state index in [0.717, 1.165) is 23.2 Å². The lowest BCUT2D eigenvalue weighted by atomic mass is 9.93. The number of rotatable bonds is 3. The summed E-state index contributed by atoms with van der Waals surface area (Å²) in [6, 6.07) is 17.4. The van der Waals surface area contributed by atoms with E-state index < -0.39 is 0 Å². The van der Waals surface area contributed by atoms with Crippen molar-refractivity contribution in [2.24, 2.45) is 5.92 Å². The number of fused-ring (bicyclic) bond motifs is 1. The van der Waals surface area contributed by atoms with Crippen LogP contribution in [0.1, 0.15) is 11.1 Å². The molecule has 0 aliphatic carbocycles. The number of hydrogen-bond acceptors (Lipinski definition) is 3. The summed E-state index contributed by atoms with van der Waals surface area (Å²) in [5.74, 6) is 0.0548. The fraction of sp³-hybridized carbons (Fsp3) is 0.278. The van der Waals surface area contributed by atoms with Crippen LogP contribution in [-0.4, -0.2) is 24.4 Å². The number of carbonyl (C=O) groups is 1. The Labute approximate surface area is 130 Å². The molecule has 1 aliphatic heterocycles. The average Bonchev–Trinajstić information content (AvgIpc) is 2.59. The van der Waals surface area contributed by atoms with E-state index in [4.69, 9.17) is 4.74 Å². The number of carbonyl (C=O) groups excluding carboxylic acids is 1. The standard InChI is InChI=1S/C18H19NO3/c20-12-15-10-16-8-4-5-9-17(16)19(11-15)18(21)22-13-14-6-2-1-3-7-14/h1-9,15,20H,10-13H2. The van der Waals surface area contributed by atoms with E-state index in [9.17, 15) is 9.90 Å². The van der Waals surface area contributed by atoms with Crippen molar-refractivity contribution in [3.05, 3.63) is 65.7 Å². The van der Waals surface area contributed by atoms with Crippen molar-refractivity contribution in [2.45, 2.75) is 13.0 Å². The van der Waals surface area contributed by atoms with Gasteiger partial charge in [0.15, 0.2) is 0 Å². The van der Waals surface area contributed by atoms with Crippen molar-refractivity contribution in [3.63, 3.8) is 0 Å². The van der Waals surface area contributed by atoms with E-state index in [2.05, 4.69) is 0 Å². The van der Waals surface area contributed by atoms with Gasteiger partial charge in [-0.3, -0.25) is 4.90 Å². The van der Waals surface area contributed by atoms with Gasteiger partial charge in [-0.05, 0) is 23.6 Å². The molecular formula is C18H19NO3. The second-order valence-electron chi connectivity index (χ2n) is 5.53. The van der Waals surface area contributed by atoms with E-state index in [1.807, 2.05) is 54.6 Å². The van der Waals surface area contributed by atoms with Crippen LogP contribution in [0, 0.1) is 5.92 Å². The number of ether oxygens (including phenoxy) is 1. The van der Waals surface area contributed by atoms with Crippen LogP contribution in [0.2, 0.25) is 0 Å². The van der Waals surface area contributed by atoms with Gasteiger partial charge in [0, 0.05) is 19.1 Å². The molecule has 0 fully saturated rings. The Morgan fingerprint density at radius 3 is 2.64 bits per heavy atom. The molecule has 1 aliphatic rings. The Kier molecular flexibility index (Phi) is 4.39. The van der Waals surface area contributed by atoms with Gasteiger partial charge >= 0.3 is 6.09 Å². The molecule has 1 amide bonds. The van der Waals surface area contributed by atoms with E-state index in [1.165, 1.54) is 0 Å². The van der Waals surface area contributed by atoms with Gasteiger partial charge in [0.1, 0.15) is 6.61 Å². The number of para-hydroxylation sites is 1. The van der Waals surface area contributed by atoms with Crippen LogP contribution in [0.15, 0.2) is 54.6 Å². The lowest BCUT2D eigenvalue weighted by molar-refractivity contribution is 0.142. The Bertz CT molecular complexity index is 642. The summed E-state index contributed by atoms with van der Waals surface area (Å²) in [5, 5.41) is 9.45. The number of nitrogens with zero attached hydrogens (tertiary/aromatic N) is 1. The number of benzene rings is 2. The quantitative estimate of drug-likeness (QED) is 0.947. The van der Waals surface area contributed by atoms with Crippen LogP contribution in [0.3, 0.4) is 0 Å². The van der Waals surface area contributed by atoms with E-state index >= 15 is 0 Å². The lowest BCUT2D eigenvalue weighted by Crippen LogP contribution is -2.41. The van der Waals surface area contributed by atoms with Gasteiger partial charge < -0.3 is 9.84 Å². The van der Waals surface area contributed by atoms with Crippen molar-refractivity contribution < 1.29 is 14.6 Å². The Hall–Kier alpha value is -2.33. The zero-order valence-corrected chi connectivity index (χ0v) is 12.3. The molecule has 0 aromatic heterocycles. The van der Waals surface area contributed by atoms with Crippen molar-refractivity contribution in [2.75, 3.05) is 18.1 Å². The van der Waals surface area contributed by atoms with Crippen LogP contribution < -0.4 is 4.90 Å². The van der Waals surface area contributed by atoms with E-state index in [1.54, 1.807) is 4.90 Å². The smallest absolute Gasteiger partial charge is 0.414 e. The van der Waals surface area contributed by atoms with Crippen molar-refractivity contribution in [1.29, 1.82) is 0 Å². The highest BCUT2D eigenvalue weighted by molar-refractivity contribution is 5.89. The predicted octanol–water partition coefficient (Wildman–Crippen LogP) is 2.99. The maximum atomic E-state index is 12.4. The zero-order chi connectivity index (χ0) is 15.4. The molecule has 3 rings (SSSR count). The first-order valence-corrected chi connectivity index (χ1v) is 7.45. The highest BCUT2D eigenvalue weighted by Gasteiger charge is 2.28. The third kappa shape index (κ3) is 3.12. The minimum absolute atomic E-state index is 0.0548. The summed E-state index contributed by atoms with van der Waals surface area (Å²) in [4.78, 5) is 14.0. The van der Waals surface area contributed by atoms with Crippen LogP contribution in [0.4, 0.5) is 10.5 Å². The topological polar surface area (TPSA) is 49.8 Å². The van der Waals surface area contributed by atoms with Gasteiger partial charge in [-0.25, -0.2) is 4.79 Å². The van der Waals surface area contributed by atoms with Gasteiger partial charge in [0.2, 0.25) is 0 Å². The molecule has 1 N–H and O–H groups in total. The zero-order valence-electron chi connectivity index (χ0n) is 12.3. The highest BCUT2D eigenvalue weighted by atomic mass is 16.6. The minimum atomic E-state index is -0.366. The van der Waals surface area contributed by atoms with Gasteiger partial charge in [0.25, 0.3) is 0 Å². The van der Waals surface area contributed by atoms with Gasteiger partial charge in [0.05, 0.1) is 5.69 Å². The number of aliphatic hydroxyl groups is 1. The molecule has 1 atom stereocenters. The van der Waals surface area contributed by atoms with Crippen molar-refractivity contribution in [3.8, 4) is 0 Å². The molecular weight excluding hydrogens is 278 g/mol. The molecule has 0 bridgehead atoms. The molecule has 0 radical (unpaired) electrons. The molecule has 0 saturated heterocycles. The molecule has 4 heteroatoms. The Morgan fingerprint density at radius 2 is 1.86 bits per heavy atom. The third-order valence-electron chi connectivity index (χ3n) is 3.92. The summed E-state index contributed by atoms with van der Waals surface area (Å²) in [5.41, 5.74) is 2.91. The highest BCUT2D eigenvalue weighted by Crippen LogP contribution is 2.30. The maximum absolute atomic E-state index is 12.4. The molecule has 1 unspecified atom stereocenters. The number of aliphatic hydroxyl groups excluding tert-OH is 1. The monoisotopic (exact) mass is 297 g/mol. The first-order valence-electron chi connectivity index (χ1n) is 7.45.